The minimum absolute atomic E-state index is 0.0183. The Labute approximate surface area is 137 Å². The summed E-state index contributed by atoms with van der Waals surface area (Å²) in [5, 5.41) is 13.9. The molecule has 1 amide bonds. The number of nitro benzene ring substituents is 1. The van der Waals surface area contributed by atoms with Gasteiger partial charge in [0.15, 0.2) is 17.5 Å². The minimum Gasteiger partial charge on any atom is -0.350 e. The minimum atomic E-state index is -1.57. The number of amides is 1. The van der Waals surface area contributed by atoms with Crippen molar-refractivity contribution in [3.63, 3.8) is 0 Å². The summed E-state index contributed by atoms with van der Waals surface area (Å²) in [4.78, 5) is 47.3. The summed E-state index contributed by atoms with van der Waals surface area (Å²) in [7, 11) is 0. The van der Waals surface area contributed by atoms with Crippen LogP contribution in [0.1, 0.15) is 36.2 Å². The molecule has 0 bridgehead atoms. The van der Waals surface area contributed by atoms with E-state index in [2.05, 4.69) is 5.32 Å². The van der Waals surface area contributed by atoms with Crippen molar-refractivity contribution in [1.29, 1.82) is 0 Å². The van der Waals surface area contributed by atoms with Crippen LogP contribution in [-0.4, -0.2) is 27.9 Å². The third kappa shape index (κ3) is 3.24. The molecule has 0 aliphatic carbocycles. The number of nitro groups is 1. The van der Waals surface area contributed by atoms with Crippen LogP contribution in [-0.2, 0) is 9.59 Å². The van der Waals surface area contributed by atoms with E-state index in [1.54, 1.807) is 20.8 Å². The number of aryl methyl sites for hydroxylation is 1. The van der Waals surface area contributed by atoms with E-state index in [9.17, 15) is 24.5 Å². The van der Waals surface area contributed by atoms with E-state index in [1.807, 2.05) is 0 Å². The maximum Gasteiger partial charge on any atom is 0.281 e. The van der Waals surface area contributed by atoms with Crippen LogP contribution in [0, 0.1) is 23.0 Å². The van der Waals surface area contributed by atoms with Gasteiger partial charge >= 0.3 is 0 Å². The van der Waals surface area contributed by atoms with Crippen molar-refractivity contribution in [3.05, 3.63) is 38.4 Å². The normalized spacial score (nSPS) is 20.1. The largest absolute Gasteiger partial charge is 0.350 e. The summed E-state index contributed by atoms with van der Waals surface area (Å²) in [6.07, 6.45) is -0.0183. The highest BCUT2D eigenvalue weighted by Crippen LogP contribution is 2.31. The molecule has 7 nitrogen and oxygen atoms in total. The maximum atomic E-state index is 12.6. The second kappa shape index (κ2) is 5.73. The van der Waals surface area contributed by atoms with Crippen molar-refractivity contribution in [3.8, 4) is 0 Å². The van der Waals surface area contributed by atoms with Gasteiger partial charge in [0.2, 0.25) is 5.91 Å². The van der Waals surface area contributed by atoms with Gasteiger partial charge in [0.1, 0.15) is 0 Å². The monoisotopic (exact) mass is 338 g/mol. The van der Waals surface area contributed by atoms with Crippen LogP contribution in [0.15, 0.2) is 12.1 Å². The highest BCUT2D eigenvalue weighted by molar-refractivity contribution is 6.32. The first-order valence-corrected chi connectivity index (χ1v) is 7.25. The molecule has 0 aromatic heterocycles. The lowest BCUT2D eigenvalue weighted by Gasteiger charge is -2.33. The van der Waals surface area contributed by atoms with Crippen molar-refractivity contribution >= 4 is 34.8 Å². The van der Waals surface area contributed by atoms with Crippen LogP contribution in [0.5, 0.6) is 0 Å². The molecule has 1 atom stereocenters. The lowest BCUT2D eigenvalue weighted by Crippen LogP contribution is -2.56. The Morgan fingerprint density at radius 2 is 2.00 bits per heavy atom. The molecule has 1 N–H and O–H groups in total. The zero-order valence-corrected chi connectivity index (χ0v) is 13.6. The first-order chi connectivity index (χ1) is 10.5. The van der Waals surface area contributed by atoms with Gasteiger partial charge in [0.25, 0.3) is 5.69 Å². The third-order valence-corrected chi connectivity index (χ3v) is 4.07. The molecule has 1 aliphatic heterocycles. The zero-order chi connectivity index (χ0) is 17.5. The smallest absolute Gasteiger partial charge is 0.281 e. The molecule has 2 rings (SSSR count). The predicted octanol–water partition coefficient (Wildman–Crippen LogP) is 2.22. The fourth-order valence-corrected chi connectivity index (χ4v) is 2.73. The Kier molecular flexibility index (Phi) is 4.26. The summed E-state index contributed by atoms with van der Waals surface area (Å²) >= 11 is 5.85. The SMILES string of the molecule is Cc1cc(C(=O)C2C(=O)CC(C)(C)NC2=O)c([N+](=O)[O-])cc1Cl. The van der Waals surface area contributed by atoms with Crippen LogP contribution in [0.25, 0.3) is 0 Å². The number of benzene rings is 1. The Morgan fingerprint density at radius 3 is 2.52 bits per heavy atom. The standard InChI is InChI=1S/C15H15ClN2O5/c1-7-4-8(10(18(22)23)5-9(7)16)13(20)12-11(19)6-15(2,3)17-14(12)21/h4-5,12H,6H2,1-3H3,(H,17,21). The summed E-state index contributed by atoms with van der Waals surface area (Å²) < 4.78 is 0. The Hall–Kier alpha value is -2.28. The quantitative estimate of drug-likeness (QED) is 0.393. The van der Waals surface area contributed by atoms with E-state index in [4.69, 9.17) is 11.6 Å². The Bertz CT molecular complexity index is 722. The van der Waals surface area contributed by atoms with Gasteiger partial charge in [-0.25, -0.2) is 0 Å². The molecule has 23 heavy (non-hydrogen) atoms. The molecule has 0 saturated carbocycles. The van der Waals surface area contributed by atoms with Crippen molar-refractivity contribution < 1.29 is 19.3 Å². The number of carbonyl (C=O) groups excluding carboxylic acids is 3. The number of nitrogens with one attached hydrogen (secondary N) is 1. The van der Waals surface area contributed by atoms with Crippen LogP contribution >= 0.6 is 11.6 Å². The summed E-state index contributed by atoms with van der Waals surface area (Å²) in [6.45, 7) is 4.91. The van der Waals surface area contributed by atoms with E-state index in [0.29, 0.717) is 5.56 Å². The second-order valence-corrected chi connectivity index (χ2v) is 6.60. The molecule has 1 heterocycles. The number of hydrogen-bond acceptors (Lipinski definition) is 5. The molecule has 0 spiro atoms. The first-order valence-electron chi connectivity index (χ1n) is 6.87. The summed E-state index contributed by atoms with van der Waals surface area (Å²) in [5.41, 5.74) is -1.10. The van der Waals surface area contributed by atoms with Gasteiger partial charge in [-0.2, -0.15) is 0 Å². The molecule has 8 heteroatoms. The number of nitrogens with zero attached hydrogens (tertiary/aromatic N) is 1. The van der Waals surface area contributed by atoms with Gasteiger partial charge in [-0.15, -0.1) is 0 Å². The first kappa shape index (κ1) is 17.1. The number of carbonyl (C=O) groups is 3. The third-order valence-electron chi connectivity index (χ3n) is 3.66. The van der Waals surface area contributed by atoms with Crippen LogP contribution < -0.4 is 5.32 Å². The predicted molar refractivity (Wildman–Crippen MR) is 82.5 cm³/mol. The molecular formula is C15H15ClN2O5. The molecule has 1 fully saturated rings. The van der Waals surface area contributed by atoms with E-state index < -0.39 is 39.5 Å². The van der Waals surface area contributed by atoms with Crippen molar-refractivity contribution in [2.45, 2.75) is 32.7 Å². The van der Waals surface area contributed by atoms with Crippen LogP contribution in [0.4, 0.5) is 5.69 Å². The topological polar surface area (TPSA) is 106 Å². The molecule has 0 radical (unpaired) electrons. The summed E-state index contributed by atoms with van der Waals surface area (Å²) in [5.74, 6) is -3.74. The van der Waals surface area contributed by atoms with E-state index in [1.165, 1.54) is 6.07 Å². The van der Waals surface area contributed by atoms with Gasteiger partial charge in [-0.05, 0) is 32.4 Å². The molecule has 1 saturated heterocycles. The fraction of sp³-hybridized carbons (Fsp3) is 0.400. The molecular weight excluding hydrogens is 324 g/mol. The van der Waals surface area contributed by atoms with Crippen molar-refractivity contribution in [1.82, 2.24) is 5.32 Å². The van der Waals surface area contributed by atoms with Gasteiger partial charge in [0.05, 0.1) is 15.5 Å². The van der Waals surface area contributed by atoms with E-state index in [0.717, 1.165) is 6.07 Å². The van der Waals surface area contributed by atoms with Gasteiger partial charge < -0.3 is 5.32 Å². The van der Waals surface area contributed by atoms with Gasteiger partial charge in [0, 0.05) is 18.0 Å². The highest BCUT2D eigenvalue weighted by Gasteiger charge is 2.44. The maximum absolute atomic E-state index is 12.6. The second-order valence-electron chi connectivity index (χ2n) is 6.19. The lowest BCUT2D eigenvalue weighted by molar-refractivity contribution is -0.385. The molecule has 1 aromatic carbocycles. The number of rotatable bonds is 3. The van der Waals surface area contributed by atoms with E-state index in [-0.39, 0.29) is 17.0 Å². The highest BCUT2D eigenvalue weighted by atomic mass is 35.5. The molecule has 1 aliphatic rings. The average Bonchev–Trinajstić information content (AvgIpc) is 2.38. The number of hydrogen-bond donors (Lipinski definition) is 1. The van der Waals surface area contributed by atoms with Gasteiger partial charge in [-0.3, -0.25) is 24.5 Å². The van der Waals surface area contributed by atoms with Crippen LogP contribution in [0.3, 0.4) is 0 Å². The molecule has 1 unspecified atom stereocenters. The Morgan fingerprint density at radius 1 is 1.39 bits per heavy atom. The van der Waals surface area contributed by atoms with E-state index >= 15 is 0 Å². The number of Topliss-reactive ketones (excluding diaryl/α,β-unsaturated/α-hetero) is 2. The number of piperidine rings is 1. The Balaban J connectivity index is 2.49. The number of ketones is 2. The lowest BCUT2D eigenvalue weighted by atomic mass is 9.81. The number of halogens is 1. The zero-order valence-electron chi connectivity index (χ0n) is 12.8. The van der Waals surface area contributed by atoms with Crippen molar-refractivity contribution in [2.24, 2.45) is 5.92 Å². The molecule has 122 valence electrons. The van der Waals surface area contributed by atoms with Gasteiger partial charge in [-0.1, -0.05) is 11.6 Å². The molecule has 1 aromatic rings. The fourth-order valence-electron chi connectivity index (χ4n) is 2.57. The van der Waals surface area contributed by atoms with Crippen molar-refractivity contribution in [2.75, 3.05) is 0 Å². The van der Waals surface area contributed by atoms with Crippen LogP contribution in [0.2, 0.25) is 5.02 Å². The summed E-state index contributed by atoms with van der Waals surface area (Å²) in [6, 6.07) is 2.29. The average molecular weight is 339 g/mol.